The summed E-state index contributed by atoms with van der Waals surface area (Å²) in [6.45, 7) is 12.6. The predicted octanol–water partition coefficient (Wildman–Crippen LogP) is 3.66. The number of Topliss-reactive ketones (excluding diaryl/α,β-unsaturated/α-hetero) is 2. The Morgan fingerprint density at radius 1 is 0.837 bits per heavy atom. The van der Waals surface area contributed by atoms with Crippen LogP contribution in [0.5, 0.6) is 0 Å². The lowest BCUT2D eigenvalue weighted by atomic mass is 9.86. The van der Waals surface area contributed by atoms with Crippen LogP contribution in [0.3, 0.4) is 0 Å². The number of imide groups is 1. The maximum Gasteiger partial charge on any atom is 0.245 e. The fraction of sp³-hybridized carbons (Fsp3) is 0.812. The van der Waals surface area contributed by atoms with Crippen molar-refractivity contribution in [1.82, 2.24) is 19.6 Å². The van der Waals surface area contributed by atoms with Crippen LogP contribution < -0.4 is 0 Å². The molecule has 0 saturated carbocycles. The van der Waals surface area contributed by atoms with Crippen LogP contribution in [0.1, 0.15) is 92.9 Å². The van der Waals surface area contributed by atoms with Crippen molar-refractivity contribution < 1.29 is 28.8 Å². The molecule has 10 nitrogen and oxygen atoms in total. The molecule has 4 amide bonds. The van der Waals surface area contributed by atoms with Crippen LogP contribution in [0, 0.1) is 10.8 Å². The van der Waals surface area contributed by atoms with Gasteiger partial charge in [0.25, 0.3) is 0 Å². The van der Waals surface area contributed by atoms with E-state index in [0.29, 0.717) is 57.5 Å². The first-order valence-corrected chi connectivity index (χ1v) is 16.5. The molecule has 1 heterocycles. The molecule has 0 spiro atoms. The molecule has 1 rings (SSSR count). The Bertz CT molecular complexity index is 1000. The van der Waals surface area contributed by atoms with Crippen LogP contribution in [0.2, 0.25) is 0 Å². The molecule has 43 heavy (non-hydrogen) atoms. The molecule has 1 aliphatic heterocycles. The number of carbonyl (C=O) groups excluding carboxylic acids is 6. The highest BCUT2D eigenvalue weighted by Crippen LogP contribution is 2.27. The van der Waals surface area contributed by atoms with E-state index in [1.165, 1.54) is 21.6 Å². The number of hydrogen-bond donors (Lipinski definition) is 0. The number of carbonyl (C=O) groups is 6. The summed E-state index contributed by atoms with van der Waals surface area (Å²) in [5.74, 6) is -0.0560. The SMILES string of the molecule is CN(C)CCN(C)C(=O)C(CC(=O)C(C)(C)C)N(C)C(=O)CCCCSC1CC(=O)N(CCCCC(=O)C(C)(C)C)C1=O. The zero-order valence-electron chi connectivity index (χ0n) is 28.3. The van der Waals surface area contributed by atoms with E-state index in [-0.39, 0.29) is 59.9 Å². The lowest BCUT2D eigenvalue weighted by Gasteiger charge is -2.32. The summed E-state index contributed by atoms with van der Waals surface area (Å²) in [6.07, 6.45) is 3.33. The van der Waals surface area contributed by atoms with Gasteiger partial charge in [0.2, 0.25) is 23.6 Å². The second-order valence-corrected chi connectivity index (χ2v) is 15.3. The third-order valence-corrected chi connectivity index (χ3v) is 9.09. The fourth-order valence-electron chi connectivity index (χ4n) is 4.49. The predicted molar refractivity (Wildman–Crippen MR) is 172 cm³/mol. The van der Waals surface area contributed by atoms with Crippen molar-refractivity contribution in [3.63, 3.8) is 0 Å². The molecule has 0 aliphatic carbocycles. The van der Waals surface area contributed by atoms with Crippen LogP contribution in [0.4, 0.5) is 0 Å². The second kappa shape index (κ2) is 17.3. The monoisotopic (exact) mass is 624 g/mol. The van der Waals surface area contributed by atoms with Crippen LogP contribution in [-0.2, 0) is 28.8 Å². The molecule has 1 saturated heterocycles. The molecule has 246 valence electrons. The normalized spacial score (nSPS) is 16.5. The van der Waals surface area contributed by atoms with Crippen molar-refractivity contribution in [1.29, 1.82) is 0 Å². The molecule has 0 bridgehead atoms. The van der Waals surface area contributed by atoms with Gasteiger partial charge in [0.1, 0.15) is 17.6 Å². The summed E-state index contributed by atoms with van der Waals surface area (Å²) in [6, 6.07) is -0.861. The standard InChI is InChI=1S/C32H56N4O6S/c1-31(2,3)25(37)15-11-13-17-36-28(40)22-24(30(36)42)43-20-14-12-16-27(39)35(10)23(21-26(38)32(4,5)6)29(41)34(9)19-18-33(7)8/h23-24H,11-22H2,1-10H3. The van der Waals surface area contributed by atoms with Crippen LogP contribution in [0.25, 0.3) is 0 Å². The summed E-state index contributed by atoms with van der Waals surface area (Å²) in [7, 11) is 7.12. The van der Waals surface area contributed by atoms with E-state index < -0.39 is 16.7 Å². The molecule has 1 aliphatic rings. The number of rotatable bonds is 18. The van der Waals surface area contributed by atoms with E-state index in [4.69, 9.17) is 0 Å². The zero-order valence-corrected chi connectivity index (χ0v) is 29.1. The topological polar surface area (TPSA) is 115 Å². The molecule has 0 N–H and O–H groups in total. The number of likely N-dealkylation sites (N-methyl/N-ethyl adjacent to an activating group) is 3. The highest BCUT2D eigenvalue weighted by molar-refractivity contribution is 8.00. The third-order valence-electron chi connectivity index (χ3n) is 7.80. The van der Waals surface area contributed by atoms with Crippen molar-refractivity contribution in [2.24, 2.45) is 10.8 Å². The van der Waals surface area contributed by atoms with Gasteiger partial charge in [0, 0.05) is 70.2 Å². The fourth-order valence-corrected chi connectivity index (χ4v) is 5.67. The lowest BCUT2D eigenvalue weighted by Crippen LogP contribution is -2.51. The van der Waals surface area contributed by atoms with Crippen molar-refractivity contribution >= 4 is 47.0 Å². The summed E-state index contributed by atoms with van der Waals surface area (Å²) >= 11 is 1.44. The largest absolute Gasteiger partial charge is 0.343 e. The number of nitrogens with zero attached hydrogens (tertiary/aromatic N) is 4. The Balaban J connectivity index is 2.58. The van der Waals surface area contributed by atoms with Gasteiger partial charge in [-0.15, -0.1) is 11.8 Å². The average Bonchev–Trinajstić information content (AvgIpc) is 3.17. The molecule has 2 unspecified atom stereocenters. The highest BCUT2D eigenvalue weighted by Gasteiger charge is 2.38. The van der Waals surface area contributed by atoms with Gasteiger partial charge in [-0.2, -0.15) is 0 Å². The van der Waals surface area contributed by atoms with Gasteiger partial charge in [-0.25, -0.2) is 0 Å². The number of thioether (sulfide) groups is 1. The van der Waals surface area contributed by atoms with E-state index in [1.54, 1.807) is 19.0 Å². The molecular weight excluding hydrogens is 568 g/mol. The first kappa shape index (κ1) is 38.8. The molecule has 0 aromatic carbocycles. The zero-order chi connectivity index (χ0) is 33.1. The van der Waals surface area contributed by atoms with Crippen LogP contribution in [-0.4, -0.2) is 120 Å². The first-order valence-electron chi connectivity index (χ1n) is 15.4. The van der Waals surface area contributed by atoms with Gasteiger partial charge in [-0.05, 0) is 45.5 Å². The molecule has 0 aromatic heterocycles. The Kier molecular flexibility index (Phi) is 15.6. The maximum atomic E-state index is 13.3. The van der Waals surface area contributed by atoms with E-state index in [9.17, 15) is 28.8 Å². The number of amides is 4. The van der Waals surface area contributed by atoms with E-state index in [2.05, 4.69) is 0 Å². The quantitative estimate of drug-likeness (QED) is 0.168. The van der Waals surface area contributed by atoms with Gasteiger partial charge in [0.05, 0.1) is 5.25 Å². The Morgan fingerprint density at radius 2 is 1.42 bits per heavy atom. The van der Waals surface area contributed by atoms with E-state index in [0.717, 1.165) is 0 Å². The second-order valence-electron chi connectivity index (χ2n) is 14.0. The Hall–Kier alpha value is -2.27. The third kappa shape index (κ3) is 13.1. The van der Waals surface area contributed by atoms with Gasteiger partial charge in [-0.1, -0.05) is 41.5 Å². The number of ketones is 2. The maximum absolute atomic E-state index is 13.3. The van der Waals surface area contributed by atoms with Crippen molar-refractivity contribution in [3.8, 4) is 0 Å². The number of unbranched alkanes of at least 4 members (excludes halogenated alkanes) is 2. The molecule has 11 heteroatoms. The van der Waals surface area contributed by atoms with Crippen LogP contribution in [0.15, 0.2) is 0 Å². The first-order chi connectivity index (χ1) is 19.8. The molecule has 2 atom stereocenters. The number of likely N-dealkylation sites (tertiary alicyclic amines) is 1. The average molecular weight is 625 g/mol. The summed E-state index contributed by atoms with van der Waals surface area (Å²) < 4.78 is 0. The van der Waals surface area contributed by atoms with Gasteiger partial charge in [-0.3, -0.25) is 33.7 Å². The molecule has 0 aromatic rings. The van der Waals surface area contributed by atoms with Crippen molar-refractivity contribution in [2.45, 2.75) is 104 Å². The Morgan fingerprint density at radius 3 is 1.98 bits per heavy atom. The van der Waals surface area contributed by atoms with E-state index >= 15 is 0 Å². The van der Waals surface area contributed by atoms with Gasteiger partial charge in [0.15, 0.2) is 0 Å². The molecular formula is C32H56N4O6S. The Labute approximate surface area is 263 Å². The van der Waals surface area contributed by atoms with Crippen LogP contribution >= 0.6 is 11.8 Å². The summed E-state index contributed by atoms with van der Waals surface area (Å²) in [5.41, 5.74) is -1.00. The van der Waals surface area contributed by atoms with Gasteiger partial charge >= 0.3 is 0 Å². The minimum absolute atomic E-state index is 0.0338. The summed E-state index contributed by atoms with van der Waals surface area (Å²) in [4.78, 5) is 82.8. The smallest absolute Gasteiger partial charge is 0.245 e. The highest BCUT2D eigenvalue weighted by atomic mass is 32.2. The lowest BCUT2D eigenvalue weighted by molar-refractivity contribution is -0.146. The van der Waals surface area contributed by atoms with Gasteiger partial charge < -0.3 is 14.7 Å². The minimum Gasteiger partial charge on any atom is -0.343 e. The number of hydrogen-bond acceptors (Lipinski definition) is 8. The molecule has 1 fully saturated rings. The van der Waals surface area contributed by atoms with E-state index in [1.807, 2.05) is 60.5 Å². The van der Waals surface area contributed by atoms with Crippen molar-refractivity contribution in [2.75, 3.05) is 53.6 Å². The minimum atomic E-state index is -0.861. The molecule has 0 radical (unpaired) electrons. The van der Waals surface area contributed by atoms with Crippen molar-refractivity contribution in [3.05, 3.63) is 0 Å². The summed E-state index contributed by atoms with van der Waals surface area (Å²) in [5, 5.41) is -0.412.